The lowest BCUT2D eigenvalue weighted by Crippen LogP contribution is -2.40. The summed E-state index contributed by atoms with van der Waals surface area (Å²) < 4.78 is 0. The quantitative estimate of drug-likeness (QED) is 0.893. The first-order chi connectivity index (χ1) is 12.1. The molecule has 130 valence electrons. The maximum absolute atomic E-state index is 12.5. The number of benzene rings is 2. The second kappa shape index (κ2) is 8.17. The zero-order chi connectivity index (χ0) is 17.6. The van der Waals surface area contributed by atoms with Crippen molar-refractivity contribution in [1.82, 2.24) is 10.2 Å². The van der Waals surface area contributed by atoms with Gasteiger partial charge in [0.05, 0.1) is 19.0 Å². The number of carbonyl (C=O) groups is 2. The van der Waals surface area contributed by atoms with Gasteiger partial charge in [0.25, 0.3) is 0 Å². The van der Waals surface area contributed by atoms with Gasteiger partial charge in [-0.3, -0.25) is 9.59 Å². The Morgan fingerprint density at radius 2 is 1.80 bits per heavy atom. The van der Waals surface area contributed by atoms with Crippen molar-refractivity contribution in [1.29, 1.82) is 0 Å². The Labute approximate surface area is 152 Å². The van der Waals surface area contributed by atoms with Crippen LogP contribution < -0.4 is 5.32 Å². The number of rotatable bonds is 5. The number of halogens is 1. The second-order valence-electron chi connectivity index (χ2n) is 6.24. The highest BCUT2D eigenvalue weighted by molar-refractivity contribution is 6.30. The number of amides is 2. The maximum atomic E-state index is 12.5. The molecule has 0 radical (unpaired) electrons. The number of nitrogens with zero attached hydrogens (tertiary/aromatic N) is 1. The Hall–Kier alpha value is -2.33. The van der Waals surface area contributed by atoms with Crippen molar-refractivity contribution in [3.63, 3.8) is 0 Å². The van der Waals surface area contributed by atoms with E-state index in [0.717, 1.165) is 30.5 Å². The van der Waals surface area contributed by atoms with Crippen molar-refractivity contribution >= 4 is 23.4 Å². The summed E-state index contributed by atoms with van der Waals surface area (Å²) in [6, 6.07) is 17.2. The number of hydrogen-bond donors (Lipinski definition) is 1. The molecule has 1 aliphatic heterocycles. The molecule has 0 bridgehead atoms. The van der Waals surface area contributed by atoms with Crippen LogP contribution in [0.3, 0.4) is 0 Å². The van der Waals surface area contributed by atoms with E-state index in [1.54, 1.807) is 0 Å². The molecule has 0 aliphatic carbocycles. The van der Waals surface area contributed by atoms with Crippen LogP contribution >= 0.6 is 11.6 Å². The highest BCUT2D eigenvalue weighted by Crippen LogP contribution is 2.32. The van der Waals surface area contributed by atoms with E-state index in [1.807, 2.05) is 59.5 Å². The van der Waals surface area contributed by atoms with E-state index in [2.05, 4.69) is 5.32 Å². The van der Waals surface area contributed by atoms with Crippen LogP contribution in [0.4, 0.5) is 0 Å². The number of hydrogen-bond acceptors (Lipinski definition) is 2. The van der Waals surface area contributed by atoms with E-state index < -0.39 is 0 Å². The van der Waals surface area contributed by atoms with Gasteiger partial charge in [-0.05, 0) is 36.1 Å². The normalized spacial score (nSPS) is 16.7. The van der Waals surface area contributed by atoms with Crippen molar-refractivity contribution < 1.29 is 9.59 Å². The van der Waals surface area contributed by atoms with Crippen molar-refractivity contribution in [3.8, 4) is 0 Å². The van der Waals surface area contributed by atoms with Gasteiger partial charge in [-0.25, -0.2) is 0 Å². The smallest absolute Gasteiger partial charge is 0.242 e. The highest BCUT2D eigenvalue weighted by Gasteiger charge is 2.29. The molecule has 0 saturated carbocycles. The highest BCUT2D eigenvalue weighted by atomic mass is 35.5. The van der Waals surface area contributed by atoms with Gasteiger partial charge < -0.3 is 10.2 Å². The van der Waals surface area contributed by atoms with E-state index in [0.29, 0.717) is 5.02 Å². The average molecular weight is 357 g/mol. The minimum atomic E-state index is -0.137. The van der Waals surface area contributed by atoms with Crippen LogP contribution in [0.5, 0.6) is 0 Å². The van der Waals surface area contributed by atoms with Crippen LogP contribution in [0.2, 0.25) is 5.02 Å². The summed E-state index contributed by atoms with van der Waals surface area (Å²) in [6.07, 6.45) is 2.19. The molecule has 1 aliphatic rings. The van der Waals surface area contributed by atoms with Gasteiger partial charge >= 0.3 is 0 Å². The van der Waals surface area contributed by atoms with Gasteiger partial charge in [0, 0.05) is 11.6 Å². The van der Waals surface area contributed by atoms with Crippen molar-refractivity contribution in [3.05, 3.63) is 70.7 Å². The first kappa shape index (κ1) is 17.5. The third kappa shape index (κ3) is 4.60. The van der Waals surface area contributed by atoms with E-state index in [4.69, 9.17) is 11.6 Å². The van der Waals surface area contributed by atoms with Crippen molar-refractivity contribution in [2.45, 2.75) is 25.3 Å². The Bertz CT molecular complexity index is 731. The average Bonchev–Trinajstić information content (AvgIpc) is 3.11. The minimum absolute atomic E-state index is 0.0375. The molecule has 1 atom stereocenters. The van der Waals surface area contributed by atoms with Crippen molar-refractivity contribution in [2.75, 3.05) is 13.1 Å². The second-order valence-corrected chi connectivity index (χ2v) is 6.67. The Morgan fingerprint density at radius 3 is 2.52 bits per heavy atom. The maximum Gasteiger partial charge on any atom is 0.242 e. The molecule has 1 N–H and O–H groups in total. The summed E-state index contributed by atoms with van der Waals surface area (Å²) in [6.45, 7) is 0.760. The molecule has 1 heterocycles. The first-order valence-electron chi connectivity index (χ1n) is 8.49. The van der Waals surface area contributed by atoms with Gasteiger partial charge in [0.1, 0.15) is 0 Å². The molecule has 4 nitrogen and oxygen atoms in total. The van der Waals surface area contributed by atoms with Gasteiger partial charge in [-0.15, -0.1) is 0 Å². The molecule has 25 heavy (non-hydrogen) atoms. The summed E-state index contributed by atoms with van der Waals surface area (Å²) >= 11 is 5.94. The SMILES string of the molecule is O=C(Cc1ccccc1)NCC(=O)N1CCC[C@@H]1c1ccc(Cl)cc1. The molecule has 2 aromatic rings. The predicted octanol–water partition coefficient (Wildman–Crippen LogP) is 3.36. The van der Waals surface area contributed by atoms with E-state index in [1.165, 1.54) is 0 Å². The number of nitrogens with one attached hydrogen (secondary N) is 1. The standard InChI is InChI=1S/C20H21ClN2O2/c21-17-10-8-16(9-11-17)18-7-4-12-23(18)20(25)14-22-19(24)13-15-5-2-1-3-6-15/h1-3,5-6,8-11,18H,4,7,12-14H2,(H,22,24)/t18-/m1/s1. The molecular weight excluding hydrogens is 336 g/mol. The van der Waals surface area contributed by atoms with E-state index in [9.17, 15) is 9.59 Å². The van der Waals surface area contributed by atoms with Crippen LogP contribution in [0, 0.1) is 0 Å². The largest absolute Gasteiger partial charge is 0.347 e. The summed E-state index contributed by atoms with van der Waals surface area (Å²) in [5.74, 6) is -0.180. The number of carbonyl (C=O) groups excluding carboxylic acids is 2. The Kier molecular flexibility index (Phi) is 5.71. The molecule has 1 saturated heterocycles. The fraction of sp³-hybridized carbons (Fsp3) is 0.300. The van der Waals surface area contributed by atoms with Crippen molar-refractivity contribution in [2.24, 2.45) is 0 Å². The Balaban J connectivity index is 1.55. The summed E-state index contributed by atoms with van der Waals surface area (Å²) in [4.78, 5) is 26.4. The predicted molar refractivity (Wildman–Crippen MR) is 98.3 cm³/mol. The van der Waals surface area contributed by atoms with Gasteiger partial charge in [0.2, 0.25) is 11.8 Å². The summed E-state index contributed by atoms with van der Waals surface area (Å²) in [5, 5.41) is 3.43. The molecular formula is C20H21ClN2O2. The third-order valence-corrected chi connectivity index (χ3v) is 4.72. The topological polar surface area (TPSA) is 49.4 Å². The number of likely N-dealkylation sites (tertiary alicyclic amines) is 1. The molecule has 2 aromatic carbocycles. The molecule has 1 fully saturated rings. The first-order valence-corrected chi connectivity index (χ1v) is 8.87. The van der Waals surface area contributed by atoms with Crippen LogP contribution in [0.15, 0.2) is 54.6 Å². The lowest BCUT2D eigenvalue weighted by molar-refractivity contribution is -0.133. The zero-order valence-corrected chi connectivity index (χ0v) is 14.7. The van der Waals surface area contributed by atoms with Crippen LogP contribution in [-0.4, -0.2) is 29.8 Å². The molecule has 2 amide bonds. The third-order valence-electron chi connectivity index (χ3n) is 4.47. The molecule has 0 spiro atoms. The van der Waals surface area contributed by atoms with Gasteiger partial charge in [-0.1, -0.05) is 54.1 Å². The molecule has 0 aromatic heterocycles. The fourth-order valence-electron chi connectivity index (χ4n) is 3.22. The monoisotopic (exact) mass is 356 g/mol. The molecule has 0 unspecified atom stereocenters. The van der Waals surface area contributed by atoms with Crippen LogP contribution in [0.1, 0.15) is 30.0 Å². The minimum Gasteiger partial charge on any atom is -0.347 e. The summed E-state index contributed by atoms with van der Waals surface area (Å²) in [5.41, 5.74) is 2.03. The molecule has 5 heteroatoms. The van der Waals surface area contributed by atoms with E-state index >= 15 is 0 Å². The lowest BCUT2D eigenvalue weighted by Gasteiger charge is -2.25. The summed E-state index contributed by atoms with van der Waals surface area (Å²) in [7, 11) is 0. The zero-order valence-electron chi connectivity index (χ0n) is 14.0. The lowest BCUT2D eigenvalue weighted by atomic mass is 10.0. The van der Waals surface area contributed by atoms with Crippen LogP contribution in [-0.2, 0) is 16.0 Å². The van der Waals surface area contributed by atoms with Gasteiger partial charge in [0.15, 0.2) is 0 Å². The molecule has 3 rings (SSSR count). The Morgan fingerprint density at radius 1 is 1.08 bits per heavy atom. The van der Waals surface area contributed by atoms with Crippen LogP contribution in [0.25, 0.3) is 0 Å². The van der Waals surface area contributed by atoms with Gasteiger partial charge in [-0.2, -0.15) is 0 Å². The fourth-order valence-corrected chi connectivity index (χ4v) is 3.34. The van der Waals surface area contributed by atoms with E-state index in [-0.39, 0.29) is 30.8 Å².